The second-order valence-corrected chi connectivity index (χ2v) is 6.60. The SMILES string of the molecule is CCC(CC)n1ccc(CNC(C)C(=O)NC(C)(C)C)n1. The summed E-state index contributed by atoms with van der Waals surface area (Å²) in [4.78, 5) is 12.0. The molecule has 1 aromatic rings. The highest BCUT2D eigenvalue weighted by Crippen LogP contribution is 2.14. The molecule has 1 heterocycles. The first-order chi connectivity index (χ1) is 9.76. The van der Waals surface area contributed by atoms with Crippen LogP contribution >= 0.6 is 0 Å². The average Bonchev–Trinajstić information content (AvgIpc) is 2.84. The van der Waals surface area contributed by atoms with Crippen LogP contribution in [0.4, 0.5) is 0 Å². The Morgan fingerprint density at radius 3 is 2.48 bits per heavy atom. The van der Waals surface area contributed by atoms with E-state index in [-0.39, 0.29) is 17.5 Å². The second-order valence-electron chi connectivity index (χ2n) is 6.60. The van der Waals surface area contributed by atoms with E-state index in [0.717, 1.165) is 18.5 Å². The molecule has 0 fully saturated rings. The lowest BCUT2D eigenvalue weighted by molar-refractivity contribution is -0.124. The van der Waals surface area contributed by atoms with E-state index in [9.17, 15) is 4.79 Å². The molecule has 0 aliphatic carbocycles. The van der Waals surface area contributed by atoms with Gasteiger partial charge in [-0.05, 0) is 46.6 Å². The molecule has 0 aliphatic rings. The third-order valence-corrected chi connectivity index (χ3v) is 3.46. The molecular formula is C16H30N4O. The summed E-state index contributed by atoms with van der Waals surface area (Å²) >= 11 is 0. The van der Waals surface area contributed by atoms with Crippen LogP contribution in [0, 0.1) is 0 Å². The molecule has 0 aliphatic heterocycles. The number of amides is 1. The molecule has 1 unspecified atom stereocenters. The highest BCUT2D eigenvalue weighted by atomic mass is 16.2. The Morgan fingerprint density at radius 1 is 1.33 bits per heavy atom. The normalized spacial score (nSPS) is 13.5. The standard InChI is InChI=1S/C16H30N4O/c1-7-14(8-2)20-10-9-13(19-20)11-17-12(3)15(21)18-16(4,5)6/h9-10,12,14,17H,7-8,11H2,1-6H3,(H,18,21). The summed E-state index contributed by atoms with van der Waals surface area (Å²) in [7, 11) is 0. The third-order valence-electron chi connectivity index (χ3n) is 3.46. The van der Waals surface area contributed by atoms with Gasteiger partial charge in [0.05, 0.1) is 17.8 Å². The van der Waals surface area contributed by atoms with Crippen LogP contribution in [0.2, 0.25) is 0 Å². The molecule has 5 nitrogen and oxygen atoms in total. The van der Waals surface area contributed by atoms with Gasteiger partial charge in [-0.25, -0.2) is 0 Å². The zero-order valence-corrected chi connectivity index (χ0v) is 14.2. The van der Waals surface area contributed by atoms with Crippen molar-refractivity contribution in [3.05, 3.63) is 18.0 Å². The van der Waals surface area contributed by atoms with E-state index in [0.29, 0.717) is 12.6 Å². The van der Waals surface area contributed by atoms with Crippen molar-refractivity contribution >= 4 is 5.91 Å². The number of carbonyl (C=O) groups excluding carboxylic acids is 1. The quantitative estimate of drug-likeness (QED) is 0.813. The zero-order chi connectivity index (χ0) is 16.0. The molecule has 1 aromatic heterocycles. The molecule has 5 heteroatoms. The average molecular weight is 294 g/mol. The van der Waals surface area contributed by atoms with E-state index in [1.165, 1.54) is 0 Å². The second kappa shape index (κ2) is 7.59. The predicted octanol–water partition coefficient (Wildman–Crippen LogP) is 2.64. The number of nitrogens with zero attached hydrogens (tertiary/aromatic N) is 2. The van der Waals surface area contributed by atoms with Gasteiger partial charge >= 0.3 is 0 Å². The lowest BCUT2D eigenvalue weighted by Crippen LogP contribution is -2.49. The molecule has 1 rings (SSSR count). The molecular weight excluding hydrogens is 264 g/mol. The van der Waals surface area contributed by atoms with Crippen molar-refractivity contribution in [1.29, 1.82) is 0 Å². The lowest BCUT2D eigenvalue weighted by atomic mass is 10.1. The van der Waals surface area contributed by atoms with Gasteiger partial charge < -0.3 is 10.6 Å². The van der Waals surface area contributed by atoms with Crippen molar-refractivity contribution in [1.82, 2.24) is 20.4 Å². The summed E-state index contributed by atoms with van der Waals surface area (Å²) in [5, 5.41) is 10.8. The van der Waals surface area contributed by atoms with Crippen molar-refractivity contribution in [2.24, 2.45) is 0 Å². The molecule has 0 radical (unpaired) electrons. The van der Waals surface area contributed by atoms with Crippen molar-refractivity contribution in [3.8, 4) is 0 Å². The Labute approximate surface area is 128 Å². The van der Waals surface area contributed by atoms with Crippen molar-refractivity contribution in [2.45, 2.75) is 78.6 Å². The fourth-order valence-electron chi connectivity index (χ4n) is 2.17. The number of rotatable bonds is 7. The predicted molar refractivity (Wildman–Crippen MR) is 86.0 cm³/mol. The topological polar surface area (TPSA) is 59.0 Å². The molecule has 0 spiro atoms. The molecule has 120 valence electrons. The fraction of sp³-hybridized carbons (Fsp3) is 0.750. The largest absolute Gasteiger partial charge is 0.350 e. The molecule has 21 heavy (non-hydrogen) atoms. The minimum Gasteiger partial charge on any atom is -0.350 e. The van der Waals surface area contributed by atoms with Crippen molar-refractivity contribution in [3.63, 3.8) is 0 Å². The van der Waals surface area contributed by atoms with Crippen LogP contribution in [-0.4, -0.2) is 27.3 Å². The van der Waals surface area contributed by atoms with Crippen LogP contribution in [0.3, 0.4) is 0 Å². The Bertz CT molecular complexity index is 443. The fourth-order valence-corrected chi connectivity index (χ4v) is 2.17. The Morgan fingerprint density at radius 2 is 1.95 bits per heavy atom. The zero-order valence-electron chi connectivity index (χ0n) is 14.2. The maximum atomic E-state index is 12.0. The van der Waals surface area contributed by atoms with E-state index in [4.69, 9.17) is 0 Å². The van der Waals surface area contributed by atoms with Crippen LogP contribution in [0.25, 0.3) is 0 Å². The summed E-state index contributed by atoms with van der Waals surface area (Å²) in [6.45, 7) is 12.8. The van der Waals surface area contributed by atoms with Gasteiger partial charge in [-0.1, -0.05) is 13.8 Å². The minimum absolute atomic E-state index is 0.0157. The van der Waals surface area contributed by atoms with E-state index < -0.39 is 0 Å². The Kier molecular flexibility index (Phi) is 6.40. The first-order valence-corrected chi connectivity index (χ1v) is 7.86. The first-order valence-electron chi connectivity index (χ1n) is 7.86. The lowest BCUT2D eigenvalue weighted by Gasteiger charge is -2.23. The van der Waals surface area contributed by atoms with Crippen LogP contribution in [0.1, 0.15) is 66.1 Å². The van der Waals surface area contributed by atoms with Gasteiger partial charge in [0.15, 0.2) is 0 Å². The van der Waals surface area contributed by atoms with Gasteiger partial charge in [0.25, 0.3) is 0 Å². The van der Waals surface area contributed by atoms with E-state index in [2.05, 4.69) is 29.6 Å². The Balaban J connectivity index is 2.50. The monoisotopic (exact) mass is 294 g/mol. The highest BCUT2D eigenvalue weighted by Gasteiger charge is 2.19. The molecule has 1 amide bonds. The van der Waals surface area contributed by atoms with Gasteiger partial charge in [-0.15, -0.1) is 0 Å². The molecule has 2 N–H and O–H groups in total. The highest BCUT2D eigenvalue weighted by molar-refractivity contribution is 5.81. The smallest absolute Gasteiger partial charge is 0.237 e. The minimum atomic E-state index is -0.234. The molecule has 0 bridgehead atoms. The number of nitrogens with one attached hydrogen (secondary N) is 2. The third kappa shape index (κ3) is 5.87. The van der Waals surface area contributed by atoms with Crippen LogP contribution in [0.5, 0.6) is 0 Å². The van der Waals surface area contributed by atoms with Gasteiger partial charge in [0, 0.05) is 18.3 Å². The summed E-state index contributed by atoms with van der Waals surface area (Å²) in [5.74, 6) is 0.0157. The summed E-state index contributed by atoms with van der Waals surface area (Å²) in [6, 6.07) is 2.24. The maximum absolute atomic E-state index is 12.0. The van der Waals surface area contributed by atoms with Gasteiger partial charge in [-0.2, -0.15) is 5.10 Å². The molecule has 1 atom stereocenters. The molecule has 0 aromatic carbocycles. The van der Waals surface area contributed by atoms with E-state index >= 15 is 0 Å². The Hall–Kier alpha value is -1.36. The van der Waals surface area contributed by atoms with Gasteiger partial charge in [-0.3, -0.25) is 9.48 Å². The van der Waals surface area contributed by atoms with Gasteiger partial charge in [0.1, 0.15) is 0 Å². The number of hydrogen-bond acceptors (Lipinski definition) is 3. The first kappa shape index (κ1) is 17.7. The van der Waals surface area contributed by atoms with E-state index in [1.807, 2.05) is 44.6 Å². The van der Waals surface area contributed by atoms with Crippen LogP contribution in [0.15, 0.2) is 12.3 Å². The molecule has 0 saturated carbocycles. The van der Waals surface area contributed by atoms with E-state index in [1.54, 1.807) is 0 Å². The van der Waals surface area contributed by atoms with Crippen LogP contribution in [-0.2, 0) is 11.3 Å². The number of aromatic nitrogens is 2. The van der Waals surface area contributed by atoms with Crippen molar-refractivity contribution < 1.29 is 4.79 Å². The summed E-state index contributed by atoms with van der Waals surface area (Å²) in [5.41, 5.74) is 0.765. The maximum Gasteiger partial charge on any atom is 0.237 e. The molecule has 0 saturated heterocycles. The number of carbonyl (C=O) groups is 1. The van der Waals surface area contributed by atoms with Crippen molar-refractivity contribution in [2.75, 3.05) is 0 Å². The van der Waals surface area contributed by atoms with Gasteiger partial charge in [0.2, 0.25) is 5.91 Å². The van der Waals surface area contributed by atoms with Crippen LogP contribution < -0.4 is 10.6 Å². The summed E-state index contributed by atoms with van der Waals surface area (Å²) < 4.78 is 2.02. The summed E-state index contributed by atoms with van der Waals surface area (Å²) in [6.07, 6.45) is 4.18. The number of hydrogen-bond donors (Lipinski definition) is 2.